The lowest BCUT2D eigenvalue weighted by molar-refractivity contribution is -0.136. The molecular weight excluding hydrogens is 380 g/mol. The largest absolute Gasteiger partial charge is 0.348 e. The molecule has 1 aliphatic rings. The first-order valence-corrected chi connectivity index (χ1v) is 9.45. The molecule has 2 aromatic rings. The molecule has 0 atom stereocenters. The summed E-state index contributed by atoms with van der Waals surface area (Å²) in [6.07, 6.45) is 4.74. The van der Waals surface area contributed by atoms with Gasteiger partial charge >= 0.3 is 11.8 Å². The smallest absolute Gasteiger partial charge is 0.313 e. The van der Waals surface area contributed by atoms with Crippen LogP contribution in [-0.2, 0) is 9.59 Å². The molecule has 7 nitrogen and oxygen atoms in total. The molecule has 1 fully saturated rings. The zero-order valence-electron chi connectivity index (χ0n) is 15.2. The van der Waals surface area contributed by atoms with Gasteiger partial charge in [0.05, 0.1) is 5.56 Å². The number of halogens is 1. The maximum absolute atomic E-state index is 12.4. The number of pyridine rings is 1. The SMILES string of the molecule is O=C(NCC1CCN(C(=O)c2cccnc2)CC1)C(=O)Nc1ccc(Cl)cc1. The summed E-state index contributed by atoms with van der Waals surface area (Å²) in [5, 5.41) is 5.75. The molecule has 0 radical (unpaired) electrons. The summed E-state index contributed by atoms with van der Waals surface area (Å²) in [5.74, 6) is -1.20. The topological polar surface area (TPSA) is 91.4 Å². The minimum absolute atomic E-state index is 0.0297. The van der Waals surface area contributed by atoms with Crippen LogP contribution in [0.2, 0.25) is 5.02 Å². The van der Waals surface area contributed by atoms with E-state index in [9.17, 15) is 14.4 Å². The quantitative estimate of drug-likeness (QED) is 0.770. The summed E-state index contributed by atoms with van der Waals surface area (Å²) in [4.78, 5) is 42.1. The molecule has 1 saturated heterocycles. The van der Waals surface area contributed by atoms with Gasteiger partial charge < -0.3 is 15.5 Å². The van der Waals surface area contributed by atoms with Crippen molar-refractivity contribution < 1.29 is 14.4 Å². The van der Waals surface area contributed by atoms with E-state index < -0.39 is 11.8 Å². The highest BCUT2D eigenvalue weighted by molar-refractivity contribution is 6.39. The van der Waals surface area contributed by atoms with E-state index >= 15 is 0 Å². The molecule has 28 heavy (non-hydrogen) atoms. The van der Waals surface area contributed by atoms with Crippen molar-refractivity contribution in [2.45, 2.75) is 12.8 Å². The van der Waals surface area contributed by atoms with Crippen LogP contribution in [0, 0.1) is 5.92 Å². The molecule has 0 bridgehead atoms. The third kappa shape index (κ3) is 5.29. The molecule has 3 amide bonds. The lowest BCUT2D eigenvalue weighted by atomic mass is 9.96. The zero-order chi connectivity index (χ0) is 19.9. The molecule has 3 rings (SSSR count). The molecule has 1 aliphatic heterocycles. The number of hydrogen-bond donors (Lipinski definition) is 2. The van der Waals surface area contributed by atoms with E-state index in [0.717, 1.165) is 12.8 Å². The maximum atomic E-state index is 12.4. The van der Waals surface area contributed by atoms with E-state index in [-0.39, 0.29) is 11.8 Å². The Hall–Kier alpha value is -2.93. The normalized spacial score (nSPS) is 14.4. The summed E-state index contributed by atoms with van der Waals surface area (Å²) in [7, 11) is 0. The van der Waals surface area contributed by atoms with Crippen molar-refractivity contribution in [2.24, 2.45) is 5.92 Å². The molecule has 1 aromatic heterocycles. The first-order valence-electron chi connectivity index (χ1n) is 9.07. The van der Waals surface area contributed by atoms with Crippen LogP contribution < -0.4 is 10.6 Å². The molecule has 0 saturated carbocycles. The second-order valence-corrected chi connectivity index (χ2v) is 7.08. The zero-order valence-corrected chi connectivity index (χ0v) is 16.0. The van der Waals surface area contributed by atoms with Gasteiger partial charge in [-0.3, -0.25) is 19.4 Å². The van der Waals surface area contributed by atoms with E-state index in [1.54, 1.807) is 53.7 Å². The van der Waals surface area contributed by atoms with Gasteiger partial charge in [0.25, 0.3) is 5.91 Å². The second kappa shape index (κ2) is 9.32. The van der Waals surface area contributed by atoms with Crippen LogP contribution in [-0.4, -0.2) is 47.2 Å². The monoisotopic (exact) mass is 400 g/mol. The summed E-state index contributed by atoms with van der Waals surface area (Å²) < 4.78 is 0. The maximum Gasteiger partial charge on any atom is 0.313 e. The number of carbonyl (C=O) groups is 3. The van der Waals surface area contributed by atoms with Gasteiger partial charge in [-0.25, -0.2) is 0 Å². The highest BCUT2D eigenvalue weighted by Crippen LogP contribution is 2.18. The fourth-order valence-corrected chi connectivity index (χ4v) is 3.18. The van der Waals surface area contributed by atoms with Crippen LogP contribution in [0.3, 0.4) is 0 Å². The Kier molecular flexibility index (Phi) is 6.60. The van der Waals surface area contributed by atoms with Crippen LogP contribution in [0.25, 0.3) is 0 Å². The highest BCUT2D eigenvalue weighted by Gasteiger charge is 2.24. The lowest BCUT2D eigenvalue weighted by Gasteiger charge is -2.32. The van der Waals surface area contributed by atoms with E-state index in [1.807, 2.05) is 0 Å². The Labute approximate surface area is 168 Å². The van der Waals surface area contributed by atoms with E-state index in [2.05, 4.69) is 15.6 Å². The van der Waals surface area contributed by atoms with Crippen LogP contribution in [0.1, 0.15) is 23.2 Å². The van der Waals surface area contributed by atoms with E-state index in [1.165, 1.54) is 0 Å². The van der Waals surface area contributed by atoms with Gasteiger partial charge in [0, 0.05) is 42.7 Å². The van der Waals surface area contributed by atoms with Crippen molar-refractivity contribution in [3.8, 4) is 0 Å². The Morgan fingerprint density at radius 3 is 2.43 bits per heavy atom. The van der Waals surface area contributed by atoms with Crippen LogP contribution >= 0.6 is 11.6 Å². The average molecular weight is 401 g/mol. The molecule has 0 unspecified atom stereocenters. The minimum Gasteiger partial charge on any atom is -0.348 e. The van der Waals surface area contributed by atoms with Gasteiger partial charge in [0.2, 0.25) is 0 Å². The number of amides is 3. The van der Waals surface area contributed by atoms with Gasteiger partial charge in [-0.15, -0.1) is 0 Å². The number of benzene rings is 1. The molecular formula is C20H21ClN4O3. The minimum atomic E-state index is -0.716. The third-order valence-electron chi connectivity index (χ3n) is 4.67. The predicted octanol–water partition coefficient (Wildman–Crippen LogP) is 2.34. The van der Waals surface area contributed by atoms with Crippen molar-refractivity contribution in [1.82, 2.24) is 15.2 Å². The van der Waals surface area contributed by atoms with Crippen LogP contribution in [0.4, 0.5) is 5.69 Å². The van der Waals surface area contributed by atoms with E-state index in [0.29, 0.717) is 35.9 Å². The standard InChI is InChI=1S/C20H21ClN4O3/c21-16-3-5-17(6-4-16)24-19(27)18(26)23-12-14-7-10-25(11-8-14)20(28)15-2-1-9-22-13-15/h1-6,9,13-14H,7-8,10-12H2,(H,23,26)(H,24,27). The van der Waals surface area contributed by atoms with Gasteiger partial charge in [-0.05, 0) is 55.2 Å². The highest BCUT2D eigenvalue weighted by atomic mass is 35.5. The number of anilines is 1. The molecule has 0 aliphatic carbocycles. The average Bonchev–Trinajstić information content (AvgIpc) is 2.74. The first-order chi connectivity index (χ1) is 13.5. The Morgan fingerprint density at radius 1 is 1.07 bits per heavy atom. The lowest BCUT2D eigenvalue weighted by Crippen LogP contribution is -2.43. The molecule has 0 spiro atoms. The summed E-state index contributed by atoms with van der Waals surface area (Å²) in [6.45, 7) is 1.64. The fraction of sp³-hybridized carbons (Fsp3) is 0.300. The number of carbonyl (C=O) groups excluding carboxylic acids is 3. The number of aromatic nitrogens is 1. The van der Waals surface area contributed by atoms with Crippen molar-refractivity contribution in [2.75, 3.05) is 25.0 Å². The Bertz CT molecular complexity index is 834. The number of rotatable bonds is 4. The number of nitrogens with zero attached hydrogens (tertiary/aromatic N) is 2. The van der Waals surface area contributed by atoms with Gasteiger partial charge in [0.1, 0.15) is 0 Å². The Balaban J connectivity index is 1.41. The number of likely N-dealkylation sites (tertiary alicyclic amines) is 1. The van der Waals surface area contributed by atoms with Gasteiger partial charge in [0.15, 0.2) is 0 Å². The first kappa shape index (κ1) is 19.8. The fourth-order valence-electron chi connectivity index (χ4n) is 3.05. The van der Waals surface area contributed by atoms with Crippen LogP contribution in [0.5, 0.6) is 0 Å². The van der Waals surface area contributed by atoms with Gasteiger partial charge in [-0.2, -0.15) is 0 Å². The third-order valence-corrected chi connectivity index (χ3v) is 4.92. The van der Waals surface area contributed by atoms with Crippen molar-refractivity contribution >= 4 is 35.0 Å². The number of hydrogen-bond acceptors (Lipinski definition) is 4. The van der Waals surface area contributed by atoms with Crippen LogP contribution in [0.15, 0.2) is 48.8 Å². The summed E-state index contributed by atoms with van der Waals surface area (Å²) in [5.41, 5.74) is 1.08. The van der Waals surface area contributed by atoms with Gasteiger partial charge in [-0.1, -0.05) is 11.6 Å². The number of piperidine rings is 1. The second-order valence-electron chi connectivity index (χ2n) is 6.65. The molecule has 1 aromatic carbocycles. The summed E-state index contributed by atoms with van der Waals surface area (Å²) in [6, 6.07) is 10.0. The number of nitrogens with one attached hydrogen (secondary N) is 2. The van der Waals surface area contributed by atoms with Crippen molar-refractivity contribution in [3.05, 3.63) is 59.4 Å². The molecule has 8 heteroatoms. The molecule has 2 N–H and O–H groups in total. The predicted molar refractivity (Wildman–Crippen MR) is 106 cm³/mol. The van der Waals surface area contributed by atoms with Crippen molar-refractivity contribution in [3.63, 3.8) is 0 Å². The Morgan fingerprint density at radius 2 is 1.79 bits per heavy atom. The molecule has 2 heterocycles. The van der Waals surface area contributed by atoms with E-state index in [4.69, 9.17) is 11.6 Å². The molecule has 146 valence electrons. The van der Waals surface area contributed by atoms with Crippen molar-refractivity contribution in [1.29, 1.82) is 0 Å². The summed E-state index contributed by atoms with van der Waals surface area (Å²) >= 11 is 5.79.